The van der Waals surface area contributed by atoms with E-state index >= 15 is 0 Å². The quantitative estimate of drug-likeness (QED) is 0.494. The van der Waals surface area contributed by atoms with E-state index in [9.17, 15) is 4.79 Å². The standard InChI is InChI=1S/C28H34N4O3/c33-28(34-19-21-7-2-1-3-8-21)31-26-11-5-4-10-25(26)30-23-9-6-16-32(18-23)24-14-12-22(13-15-24)27-17-29-20-35-27/h1-3,7-8,12-15,17,20,23,25-26,30H,4-6,9-11,16,18-19H2,(H,31,33)/t23-,25?,26+/m0/s1. The molecular weight excluding hydrogens is 440 g/mol. The number of hydrogen-bond acceptors (Lipinski definition) is 6. The summed E-state index contributed by atoms with van der Waals surface area (Å²) >= 11 is 0. The first kappa shape index (κ1) is 23.4. The Kier molecular flexibility index (Phi) is 7.63. The highest BCUT2D eigenvalue weighted by Gasteiger charge is 2.30. The molecule has 3 aromatic rings. The zero-order valence-electron chi connectivity index (χ0n) is 20.1. The van der Waals surface area contributed by atoms with Crippen LogP contribution >= 0.6 is 0 Å². The molecule has 1 saturated carbocycles. The van der Waals surface area contributed by atoms with E-state index in [1.807, 2.05) is 30.3 Å². The SMILES string of the molecule is O=C(N[C@@H]1CCCCC1N[C@H]1CCCN(c2ccc(-c3cnco3)cc2)C1)OCc1ccccc1. The van der Waals surface area contributed by atoms with E-state index in [0.29, 0.717) is 12.6 Å². The van der Waals surface area contributed by atoms with Crippen LogP contribution in [0.5, 0.6) is 0 Å². The fraction of sp³-hybridized carbons (Fsp3) is 0.429. The molecule has 1 unspecified atom stereocenters. The number of benzene rings is 2. The summed E-state index contributed by atoms with van der Waals surface area (Å²) in [7, 11) is 0. The second-order valence-corrected chi connectivity index (χ2v) is 9.57. The summed E-state index contributed by atoms with van der Waals surface area (Å²) in [4.78, 5) is 18.9. The number of nitrogens with one attached hydrogen (secondary N) is 2. The van der Waals surface area contributed by atoms with Gasteiger partial charge in [0.25, 0.3) is 0 Å². The molecule has 1 amide bonds. The lowest BCUT2D eigenvalue weighted by atomic mass is 9.89. The number of anilines is 1. The summed E-state index contributed by atoms with van der Waals surface area (Å²) < 4.78 is 10.9. The minimum Gasteiger partial charge on any atom is -0.445 e. The Labute approximate surface area is 206 Å². The lowest BCUT2D eigenvalue weighted by molar-refractivity contribution is 0.128. The van der Waals surface area contributed by atoms with Crippen molar-refractivity contribution in [2.75, 3.05) is 18.0 Å². The van der Waals surface area contributed by atoms with Gasteiger partial charge in [-0.1, -0.05) is 43.2 Å². The highest BCUT2D eigenvalue weighted by Crippen LogP contribution is 2.26. The normalized spacial score (nSPS) is 22.5. The van der Waals surface area contributed by atoms with E-state index in [0.717, 1.165) is 62.1 Å². The number of oxazole rings is 1. The molecule has 7 nitrogen and oxygen atoms in total. The van der Waals surface area contributed by atoms with Gasteiger partial charge in [0, 0.05) is 42.5 Å². The average molecular weight is 475 g/mol. The molecule has 0 radical (unpaired) electrons. The first-order valence-electron chi connectivity index (χ1n) is 12.7. The van der Waals surface area contributed by atoms with Gasteiger partial charge in [0.2, 0.25) is 0 Å². The molecule has 0 bridgehead atoms. The van der Waals surface area contributed by atoms with Crippen molar-refractivity contribution in [3.63, 3.8) is 0 Å². The smallest absolute Gasteiger partial charge is 0.407 e. The van der Waals surface area contributed by atoms with Crippen molar-refractivity contribution in [3.8, 4) is 11.3 Å². The summed E-state index contributed by atoms with van der Waals surface area (Å²) in [5.74, 6) is 0.785. The summed E-state index contributed by atoms with van der Waals surface area (Å²) in [6, 6.07) is 19.1. The molecule has 2 fully saturated rings. The van der Waals surface area contributed by atoms with Gasteiger partial charge in [0.1, 0.15) is 6.61 Å². The first-order chi connectivity index (χ1) is 17.2. The predicted molar refractivity (Wildman–Crippen MR) is 136 cm³/mol. The monoisotopic (exact) mass is 474 g/mol. The van der Waals surface area contributed by atoms with Crippen molar-refractivity contribution in [3.05, 3.63) is 72.8 Å². The molecule has 5 rings (SSSR count). The summed E-state index contributed by atoms with van der Waals surface area (Å²) in [6.07, 6.45) is 9.54. The van der Waals surface area contributed by atoms with Crippen LogP contribution in [0.4, 0.5) is 10.5 Å². The van der Waals surface area contributed by atoms with Gasteiger partial charge < -0.3 is 24.7 Å². The number of alkyl carbamates (subject to hydrolysis) is 1. The zero-order chi connectivity index (χ0) is 23.9. The Morgan fingerprint density at radius 2 is 1.80 bits per heavy atom. The van der Waals surface area contributed by atoms with Crippen LogP contribution in [0.2, 0.25) is 0 Å². The van der Waals surface area contributed by atoms with Crippen LogP contribution in [0.15, 0.2) is 71.6 Å². The molecule has 2 heterocycles. The molecule has 1 saturated heterocycles. The number of hydrogen-bond donors (Lipinski definition) is 2. The van der Waals surface area contributed by atoms with Gasteiger partial charge in [0.15, 0.2) is 12.2 Å². The third kappa shape index (κ3) is 6.22. The van der Waals surface area contributed by atoms with Crippen molar-refractivity contribution >= 4 is 11.8 Å². The summed E-state index contributed by atoms with van der Waals surface area (Å²) in [5.41, 5.74) is 3.26. The predicted octanol–water partition coefficient (Wildman–Crippen LogP) is 5.14. The number of rotatable bonds is 7. The Morgan fingerprint density at radius 1 is 1.00 bits per heavy atom. The van der Waals surface area contributed by atoms with Crippen LogP contribution in [0.3, 0.4) is 0 Å². The second-order valence-electron chi connectivity index (χ2n) is 9.57. The first-order valence-corrected chi connectivity index (χ1v) is 12.7. The molecule has 1 aliphatic carbocycles. The number of carbonyl (C=O) groups is 1. The molecule has 2 N–H and O–H groups in total. The number of carbonyl (C=O) groups excluding carboxylic acids is 1. The van der Waals surface area contributed by atoms with Gasteiger partial charge in [-0.2, -0.15) is 0 Å². The number of amides is 1. The molecule has 1 aromatic heterocycles. The van der Waals surface area contributed by atoms with E-state index in [2.05, 4.69) is 44.8 Å². The Hall–Kier alpha value is -3.32. The lowest BCUT2D eigenvalue weighted by Gasteiger charge is -2.40. The molecule has 2 aromatic carbocycles. The molecule has 35 heavy (non-hydrogen) atoms. The van der Waals surface area contributed by atoms with Gasteiger partial charge >= 0.3 is 6.09 Å². The Balaban J connectivity index is 1.14. The van der Waals surface area contributed by atoms with E-state index in [-0.39, 0.29) is 18.2 Å². The van der Waals surface area contributed by atoms with Gasteiger partial charge in [-0.05, 0) is 55.5 Å². The van der Waals surface area contributed by atoms with E-state index in [1.165, 1.54) is 18.5 Å². The van der Waals surface area contributed by atoms with Crippen LogP contribution in [-0.4, -0.2) is 42.3 Å². The van der Waals surface area contributed by atoms with Crippen LogP contribution in [0, 0.1) is 0 Å². The molecule has 184 valence electrons. The van der Waals surface area contributed by atoms with Crippen molar-refractivity contribution in [1.29, 1.82) is 0 Å². The van der Waals surface area contributed by atoms with Crippen molar-refractivity contribution in [2.45, 2.75) is 63.3 Å². The number of nitrogens with zero attached hydrogens (tertiary/aromatic N) is 2. The van der Waals surface area contributed by atoms with Gasteiger partial charge in [0.05, 0.1) is 6.20 Å². The van der Waals surface area contributed by atoms with E-state index in [4.69, 9.17) is 9.15 Å². The van der Waals surface area contributed by atoms with E-state index in [1.54, 1.807) is 6.20 Å². The maximum absolute atomic E-state index is 12.5. The molecule has 0 spiro atoms. The fourth-order valence-corrected chi connectivity index (χ4v) is 5.26. The number of ether oxygens (including phenoxy) is 1. The average Bonchev–Trinajstić information content (AvgIpc) is 3.45. The van der Waals surface area contributed by atoms with Crippen molar-refractivity contribution in [2.24, 2.45) is 0 Å². The van der Waals surface area contributed by atoms with Gasteiger partial charge in [-0.25, -0.2) is 9.78 Å². The molecule has 7 heteroatoms. The Bertz CT molecular complexity index is 1060. The highest BCUT2D eigenvalue weighted by atomic mass is 16.5. The molecular formula is C28H34N4O3. The number of aromatic nitrogens is 1. The second kappa shape index (κ2) is 11.4. The third-order valence-electron chi connectivity index (χ3n) is 7.10. The fourth-order valence-electron chi connectivity index (χ4n) is 5.26. The van der Waals surface area contributed by atoms with Crippen molar-refractivity contribution < 1.29 is 13.9 Å². The zero-order valence-corrected chi connectivity index (χ0v) is 20.1. The lowest BCUT2D eigenvalue weighted by Crippen LogP contribution is -2.57. The van der Waals surface area contributed by atoms with Crippen LogP contribution < -0.4 is 15.5 Å². The third-order valence-corrected chi connectivity index (χ3v) is 7.10. The summed E-state index contributed by atoms with van der Waals surface area (Å²) in [5, 5.41) is 7.03. The summed E-state index contributed by atoms with van der Waals surface area (Å²) in [6.45, 7) is 2.31. The number of piperidine rings is 1. The molecule has 1 aliphatic heterocycles. The largest absolute Gasteiger partial charge is 0.445 e. The maximum atomic E-state index is 12.5. The van der Waals surface area contributed by atoms with Crippen LogP contribution in [0.1, 0.15) is 44.1 Å². The maximum Gasteiger partial charge on any atom is 0.407 e. The van der Waals surface area contributed by atoms with Gasteiger partial charge in [-0.3, -0.25) is 0 Å². The topological polar surface area (TPSA) is 79.6 Å². The van der Waals surface area contributed by atoms with Crippen LogP contribution in [0.25, 0.3) is 11.3 Å². The molecule has 2 aliphatic rings. The van der Waals surface area contributed by atoms with E-state index < -0.39 is 0 Å². The highest BCUT2D eigenvalue weighted by molar-refractivity contribution is 5.67. The minimum atomic E-state index is -0.329. The minimum absolute atomic E-state index is 0.101. The van der Waals surface area contributed by atoms with Crippen molar-refractivity contribution in [1.82, 2.24) is 15.6 Å². The molecule has 3 atom stereocenters. The van der Waals surface area contributed by atoms with Crippen LogP contribution in [-0.2, 0) is 11.3 Å². The Morgan fingerprint density at radius 3 is 2.57 bits per heavy atom. The van der Waals surface area contributed by atoms with Gasteiger partial charge in [-0.15, -0.1) is 0 Å².